The normalized spacial score (nSPS) is 11.6. The van der Waals surface area contributed by atoms with E-state index < -0.39 is 0 Å². The van der Waals surface area contributed by atoms with Crippen molar-refractivity contribution in [3.8, 4) is 0 Å². The molecule has 0 unspecified atom stereocenters. The monoisotopic (exact) mass is 437 g/mol. The molecule has 0 saturated carbocycles. The van der Waals surface area contributed by atoms with Crippen LogP contribution in [-0.4, -0.2) is 24.5 Å². The predicted molar refractivity (Wildman–Crippen MR) is 144 cm³/mol. The molecule has 31 heavy (non-hydrogen) atoms. The minimum atomic E-state index is 1.22. The summed E-state index contributed by atoms with van der Waals surface area (Å²) in [5, 5.41) is 0. The van der Waals surface area contributed by atoms with E-state index in [4.69, 9.17) is 0 Å². The minimum absolute atomic E-state index is 1.22. The van der Waals surface area contributed by atoms with Crippen LogP contribution < -0.4 is 0 Å². The molecule has 1 heteroatoms. The Morgan fingerprint density at radius 1 is 0.290 bits per heavy atom. The fourth-order valence-corrected chi connectivity index (χ4v) is 4.84. The zero-order valence-electron chi connectivity index (χ0n) is 22.5. The highest BCUT2D eigenvalue weighted by Crippen LogP contribution is 2.15. The molecule has 0 aliphatic carbocycles. The van der Waals surface area contributed by atoms with Gasteiger partial charge in [-0.25, -0.2) is 0 Å². The number of rotatable bonds is 27. The Morgan fingerprint density at radius 3 is 0.742 bits per heavy atom. The second kappa shape index (κ2) is 28.0. The van der Waals surface area contributed by atoms with Gasteiger partial charge in [0.05, 0.1) is 0 Å². The van der Waals surface area contributed by atoms with Crippen LogP contribution in [0.5, 0.6) is 0 Å². The van der Waals surface area contributed by atoms with Crippen LogP contribution in [0.3, 0.4) is 0 Å². The lowest BCUT2D eigenvalue weighted by Gasteiger charge is -2.17. The van der Waals surface area contributed by atoms with Gasteiger partial charge in [0.25, 0.3) is 0 Å². The fourth-order valence-electron chi connectivity index (χ4n) is 4.84. The fraction of sp³-hybridized carbons (Fsp3) is 1.00. The van der Waals surface area contributed by atoms with Crippen molar-refractivity contribution in [2.75, 3.05) is 19.6 Å². The van der Waals surface area contributed by atoms with Gasteiger partial charge in [-0.2, -0.15) is 0 Å². The van der Waals surface area contributed by atoms with Crippen LogP contribution in [0.2, 0.25) is 0 Å². The molecule has 0 aromatic heterocycles. The van der Waals surface area contributed by atoms with Crippen LogP contribution in [0.4, 0.5) is 0 Å². The van der Waals surface area contributed by atoms with Gasteiger partial charge in [-0.3, -0.25) is 0 Å². The number of unbranched alkanes of at least 4 members (excludes halogenated alkanes) is 23. The van der Waals surface area contributed by atoms with Gasteiger partial charge in [-0.1, -0.05) is 168 Å². The smallest absolute Gasteiger partial charge is 0.00190 e. The summed E-state index contributed by atoms with van der Waals surface area (Å²) in [6.45, 7) is 10.6. The van der Waals surface area contributed by atoms with Crippen LogP contribution in [0.15, 0.2) is 0 Å². The average Bonchev–Trinajstić information content (AvgIpc) is 2.79. The van der Waals surface area contributed by atoms with Gasteiger partial charge in [-0.15, -0.1) is 0 Å². The van der Waals surface area contributed by atoms with Gasteiger partial charge in [0.15, 0.2) is 0 Å². The largest absolute Gasteiger partial charge is 0.304 e. The minimum Gasteiger partial charge on any atom is -0.304 e. The van der Waals surface area contributed by atoms with Crippen LogP contribution in [0.25, 0.3) is 0 Å². The first-order chi connectivity index (χ1) is 15.3. The molecule has 0 radical (unpaired) electrons. The Morgan fingerprint density at radius 2 is 0.516 bits per heavy atom. The Hall–Kier alpha value is -0.0400. The van der Waals surface area contributed by atoms with Crippen molar-refractivity contribution in [1.82, 2.24) is 4.90 Å². The molecule has 0 N–H and O–H groups in total. The van der Waals surface area contributed by atoms with Gasteiger partial charge in [0.1, 0.15) is 0 Å². The molecule has 0 saturated heterocycles. The van der Waals surface area contributed by atoms with E-state index >= 15 is 0 Å². The molecule has 188 valence electrons. The quantitative estimate of drug-likeness (QED) is 0.115. The van der Waals surface area contributed by atoms with Gasteiger partial charge in [0.2, 0.25) is 0 Å². The van der Waals surface area contributed by atoms with E-state index in [0.717, 1.165) is 0 Å². The molecule has 0 aromatic carbocycles. The predicted octanol–water partition coefficient (Wildman–Crippen LogP) is 10.7. The molecule has 0 heterocycles. The highest BCUT2D eigenvalue weighted by Gasteiger charge is 1.98. The summed E-state index contributed by atoms with van der Waals surface area (Å²) < 4.78 is 0. The Balaban J connectivity index is 3.04. The lowest BCUT2D eigenvalue weighted by atomic mass is 10.0. The van der Waals surface area contributed by atoms with Crippen molar-refractivity contribution in [2.45, 2.75) is 175 Å². The second-order valence-corrected chi connectivity index (χ2v) is 10.2. The third kappa shape index (κ3) is 26.1. The maximum absolute atomic E-state index is 2.55. The average molecular weight is 438 g/mol. The third-order valence-electron chi connectivity index (χ3n) is 7.22. The maximum Gasteiger partial charge on any atom is -0.00190 e. The van der Waals surface area contributed by atoms with Crippen molar-refractivity contribution in [1.29, 1.82) is 0 Å². The SMILES string of the molecule is CCCCCCCCCCCCCCCCCCCCCCCCCCN(CC)CC. The summed E-state index contributed by atoms with van der Waals surface area (Å²) in [5.41, 5.74) is 0. The standard InChI is InChI=1S/C30H63N/c1-4-7-8-9-10-11-12-13-14-15-16-17-18-19-20-21-22-23-24-25-26-27-28-29-30-31(5-2)6-3/h4-30H2,1-3H3. The maximum atomic E-state index is 2.55. The molecule has 0 spiro atoms. The van der Waals surface area contributed by atoms with Crippen LogP contribution >= 0.6 is 0 Å². The van der Waals surface area contributed by atoms with Crippen molar-refractivity contribution in [3.63, 3.8) is 0 Å². The number of hydrogen-bond acceptors (Lipinski definition) is 1. The van der Waals surface area contributed by atoms with Gasteiger partial charge >= 0.3 is 0 Å². The van der Waals surface area contributed by atoms with Crippen molar-refractivity contribution < 1.29 is 0 Å². The Bertz CT molecular complexity index is 297. The summed E-state index contributed by atoms with van der Waals surface area (Å²) >= 11 is 0. The first-order valence-corrected chi connectivity index (χ1v) is 15.1. The summed E-state index contributed by atoms with van der Waals surface area (Å²) in [6, 6.07) is 0. The molecule has 0 aliphatic heterocycles. The van der Waals surface area contributed by atoms with E-state index in [1.807, 2.05) is 0 Å². The van der Waals surface area contributed by atoms with E-state index in [9.17, 15) is 0 Å². The lowest BCUT2D eigenvalue weighted by Crippen LogP contribution is -2.23. The number of nitrogens with zero attached hydrogens (tertiary/aromatic N) is 1. The molecule has 0 atom stereocenters. The van der Waals surface area contributed by atoms with Gasteiger partial charge < -0.3 is 4.90 Å². The second-order valence-electron chi connectivity index (χ2n) is 10.2. The zero-order valence-corrected chi connectivity index (χ0v) is 22.5. The molecule has 0 fully saturated rings. The molecule has 0 rings (SSSR count). The topological polar surface area (TPSA) is 3.24 Å². The van der Waals surface area contributed by atoms with Crippen LogP contribution in [0.1, 0.15) is 175 Å². The van der Waals surface area contributed by atoms with Crippen LogP contribution in [-0.2, 0) is 0 Å². The third-order valence-corrected chi connectivity index (χ3v) is 7.22. The zero-order chi connectivity index (χ0) is 22.7. The highest BCUT2D eigenvalue weighted by molar-refractivity contribution is 4.54. The first-order valence-electron chi connectivity index (χ1n) is 15.1. The summed E-state index contributed by atoms with van der Waals surface area (Å²) in [5.74, 6) is 0. The molecular weight excluding hydrogens is 374 g/mol. The summed E-state index contributed by atoms with van der Waals surface area (Å²) in [6.07, 6.45) is 35.3. The number of hydrogen-bond donors (Lipinski definition) is 0. The molecule has 0 aliphatic rings. The van der Waals surface area contributed by atoms with E-state index in [0.29, 0.717) is 0 Å². The molecule has 0 bridgehead atoms. The van der Waals surface area contributed by atoms with Gasteiger partial charge in [-0.05, 0) is 26.1 Å². The van der Waals surface area contributed by atoms with Crippen molar-refractivity contribution in [3.05, 3.63) is 0 Å². The molecule has 0 amide bonds. The van der Waals surface area contributed by atoms with Crippen molar-refractivity contribution >= 4 is 0 Å². The van der Waals surface area contributed by atoms with Crippen LogP contribution in [0, 0.1) is 0 Å². The molecular formula is C30H63N. The van der Waals surface area contributed by atoms with E-state index in [-0.39, 0.29) is 0 Å². The van der Waals surface area contributed by atoms with Gasteiger partial charge in [0, 0.05) is 0 Å². The highest BCUT2D eigenvalue weighted by atomic mass is 15.1. The Kier molecular flexibility index (Phi) is 28.0. The molecule has 0 aromatic rings. The molecule has 1 nitrogen and oxygen atoms in total. The van der Waals surface area contributed by atoms with E-state index in [1.54, 1.807) is 0 Å². The Labute approximate surface area is 199 Å². The first kappa shape index (κ1) is 31.0. The lowest BCUT2D eigenvalue weighted by molar-refractivity contribution is 0.295. The summed E-state index contributed by atoms with van der Waals surface area (Å²) in [7, 11) is 0. The van der Waals surface area contributed by atoms with E-state index in [2.05, 4.69) is 25.7 Å². The van der Waals surface area contributed by atoms with E-state index in [1.165, 1.54) is 174 Å². The van der Waals surface area contributed by atoms with Crippen molar-refractivity contribution in [2.24, 2.45) is 0 Å². The summed E-state index contributed by atoms with van der Waals surface area (Å²) in [4.78, 5) is 2.55.